The zero-order valence-electron chi connectivity index (χ0n) is 7.80. The van der Waals surface area contributed by atoms with Crippen LogP contribution >= 0.6 is 0 Å². The summed E-state index contributed by atoms with van der Waals surface area (Å²) in [7, 11) is 0. The van der Waals surface area contributed by atoms with E-state index in [4.69, 9.17) is 5.26 Å². The van der Waals surface area contributed by atoms with Gasteiger partial charge in [0.2, 0.25) is 0 Å². The molecule has 0 aliphatic carbocycles. The Balaban J connectivity index is 0.000000461. The Hall–Kier alpha value is -0.710. The number of hydrogen-bond donors (Lipinski definition) is 0. The Kier molecular flexibility index (Phi) is 5.64. The molecule has 1 unspecified atom stereocenters. The first-order chi connectivity index (χ1) is 5.33. The smallest absolute Gasteiger partial charge is 0.179 e. The van der Waals surface area contributed by atoms with Crippen molar-refractivity contribution in [3.05, 3.63) is 0 Å². The van der Waals surface area contributed by atoms with E-state index in [2.05, 4.69) is 13.1 Å². The van der Waals surface area contributed by atoms with Crippen LogP contribution in [0.15, 0.2) is 0 Å². The van der Waals surface area contributed by atoms with Crippen molar-refractivity contribution in [2.24, 2.45) is 5.92 Å². The van der Waals surface area contributed by atoms with Crippen molar-refractivity contribution in [1.29, 1.82) is 5.26 Å². The topological polar surface area (TPSA) is 27.0 Å². The minimum absolute atomic E-state index is 0.721. The molecule has 1 fully saturated rings. The van der Waals surface area contributed by atoms with E-state index in [-0.39, 0.29) is 0 Å². The van der Waals surface area contributed by atoms with Gasteiger partial charge in [-0.2, -0.15) is 5.26 Å². The molecule has 1 aliphatic rings. The number of likely N-dealkylation sites (tertiary alicyclic amines) is 1. The van der Waals surface area contributed by atoms with Gasteiger partial charge < -0.3 is 4.90 Å². The molecule has 0 saturated carbocycles. The number of piperidine rings is 1. The van der Waals surface area contributed by atoms with E-state index >= 15 is 0 Å². The van der Waals surface area contributed by atoms with Gasteiger partial charge in [0, 0.05) is 13.1 Å². The molecule has 0 spiro atoms. The number of hydrogen-bond acceptors (Lipinski definition) is 2. The molecule has 1 aliphatic heterocycles. The minimum atomic E-state index is 0.721. The van der Waals surface area contributed by atoms with E-state index in [1.54, 1.807) is 0 Å². The first-order valence-electron chi connectivity index (χ1n) is 4.47. The van der Waals surface area contributed by atoms with Crippen molar-refractivity contribution in [2.45, 2.75) is 33.6 Å². The van der Waals surface area contributed by atoms with Gasteiger partial charge in [-0.3, -0.25) is 0 Å². The molecule has 1 saturated heterocycles. The highest BCUT2D eigenvalue weighted by Crippen LogP contribution is 2.13. The van der Waals surface area contributed by atoms with Crippen LogP contribution in [-0.2, 0) is 0 Å². The first-order valence-corrected chi connectivity index (χ1v) is 4.47. The van der Waals surface area contributed by atoms with Crippen LogP contribution in [0, 0.1) is 17.4 Å². The normalized spacial score (nSPS) is 23.1. The third-order valence-corrected chi connectivity index (χ3v) is 1.80. The van der Waals surface area contributed by atoms with Crippen LogP contribution in [-0.4, -0.2) is 18.0 Å². The quantitative estimate of drug-likeness (QED) is 0.500. The summed E-state index contributed by atoms with van der Waals surface area (Å²) >= 11 is 0. The van der Waals surface area contributed by atoms with E-state index in [0.29, 0.717) is 0 Å². The predicted molar refractivity (Wildman–Crippen MR) is 46.9 cm³/mol. The Morgan fingerprint density at radius 2 is 2.09 bits per heavy atom. The monoisotopic (exact) mass is 154 g/mol. The molecule has 2 nitrogen and oxygen atoms in total. The third-order valence-electron chi connectivity index (χ3n) is 1.80. The minimum Gasteiger partial charge on any atom is -0.310 e. The Labute approximate surface area is 69.8 Å². The van der Waals surface area contributed by atoms with Gasteiger partial charge in [0.05, 0.1) is 0 Å². The van der Waals surface area contributed by atoms with Crippen LogP contribution in [0.1, 0.15) is 33.6 Å². The number of nitrogens with zero attached hydrogens (tertiary/aromatic N) is 2. The van der Waals surface area contributed by atoms with Gasteiger partial charge in [-0.05, 0) is 18.8 Å². The average molecular weight is 154 g/mol. The molecular weight excluding hydrogens is 136 g/mol. The third kappa shape index (κ3) is 3.87. The highest BCUT2D eigenvalue weighted by atomic mass is 15.1. The number of nitriles is 1. The van der Waals surface area contributed by atoms with Gasteiger partial charge in [0.1, 0.15) is 0 Å². The molecular formula is C9H18N2. The SMILES string of the molecule is CC.CC1CCCN(C#N)C1. The van der Waals surface area contributed by atoms with Crippen molar-refractivity contribution in [2.75, 3.05) is 13.1 Å². The van der Waals surface area contributed by atoms with Crippen molar-refractivity contribution in [3.63, 3.8) is 0 Å². The standard InChI is InChI=1S/C7H12N2.C2H6/c1-7-3-2-4-9(5-7)6-8;1-2/h7H,2-5H2,1H3;1-2H3. The van der Waals surface area contributed by atoms with E-state index in [9.17, 15) is 0 Å². The summed E-state index contributed by atoms with van der Waals surface area (Å²) in [5.41, 5.74) is 0. The molecule has 2 heteroatoms. The van der Waals surface area contributed by atoms with E-state index in [0.717, 1.165) is 19.0 Å². The summed E-state index contributed by atoms with van der Waals surface area (Å²) in [5.74, 6) is 0.721. The molecule has 0 aromatic heterocycles. The van der Waals surface area contributed by atoms with E-state index in [1.807, 2.05) is 18.7 Å². The Morgan fingerprint density at radius 1 is 1.45 bits per heavy atom. The van der Waals surface area contributed by atoms with Gasteiger partial charge in [0.25, 0.3) is 0 Å². The molecule has 64 valence electrons. The molecule has 1 heterocycles. The highest BCUT2D eigenvalue weighted by molar-refractivity contribution is 4.79. The Bertz CT molecular complexity index is 126. The molecule has 0 aromatic rings. The van der Waals surface area contributed by atoms with Gasteiger partial charge in [-0.1, -0.05) is 20.8 Å². The van der Waals surface area contributed by atoms with Gasteiger partial charge >= 0.3 is 0 Å². The lowest BCUT2D eigenvalue weighted by atomic mass is 10.0. The second-order valence-corrected chi connectivity index (χ2v) is 2.79. The summed E-state index contributed by atoms with van der Waals surface area (Å²) < 4.78 is 0. The van der Waals surface area contributed by atoms with Crippen molar-refractivity contribution in [1.82, 2.24) is 4.90 Å². The maximum atomic E-state index is 8.48. The largest absolute Gasteiger partial charge is 0.310 e. The second-order valence-electron chi connectivity index (χ2n) is 2.79. The van der Waals surface area contributed by atoms with Crippen LogP contribution in [0.5, 0.6) is 0 Å². The number of rotatable bonds is 0. The summed E-state index contributed by atoms with van der Waals surface area (Å²) in [5, 5.41) is 8.48. The molecule has 0 radical (unpaired) electrons. The lowest BCUT2D eigenvalue weighted by Gasteiger charge is -2.25. The predicted octanol–water partition coefficient (Wildman–Crippen LogP) is 2.23. The van der Waals surface area contributed by atoms with Gasteiger partial charge in [0.15, 0.2) is 6.19 Å². The first kappa shape index (κ1) is 10.3. The molecule has 0 N–H and O–H groups in total. The average Bonchev–Trinajstić information content (AvgIpc) is 2.08. The van der Waals surface area contributed by atoms with E-state index in [1.165, 1.54) is 12.8 Å². The molecule has 1 atom stereocenters. The lowest BCUT2D eigenvalue weighted by Crippen LogP contribution is -2.29. The fraction of sp³-hybridized carbons (Fsp3) is 0.889. The lowest BCUT2D eigenvalue weighted by molar-refractivity contribution is 0.257. The summed E-state index contributed by atoms with van der Waals surface area (Å²) in [6, 6.07) is 0. The van der Waals surface area contributed by atoms with Gasteiger partial charge in [-0.15, -0.1) is 0 Å². The van der Waals surface area contributed by atoms with Crippen LogP contribution in [0.25, 0.3) is 0 Å². The maximum absolute atomic E-state index is 8.48. The van der Waals surface area contributed by atoms with Crippen molar-refractivity contribution < 1.29 is 0 Å². The molecule has 0 aromatic carbocycles. The second kappa shape index (κ2) is 6.03. The zero-order valence-corrected chi connectivity index (χ0v) is 7.80. The fourth-order valence-corrected chi connectivity index (χ4v) is 1.28. The zero-order chi connectivity index (χ0) is 8.69. The van der Waals surface area contributed by atoms with Crippen LogP contribution < -0.4 is 0 Å². The molecule has 0 bridgehead atoms. The van der Waals surface area contributed by atoms with Crippen molar-refractivity contribution in [3.8, 4) is 6.19 Å². The summed E-state index contributed by atoms with van der Waals surface area (Å²) in [4.78, 5) is 1.84. The summed E-state index contributed by atoms with van der Waals surface area (Å²) in [6.45, 7) is 8.14. The Morgan fingerprint density at radius 3 is 2.45 bits per heavy atom. The maximum Gasteiger partial charge on any atom is 0.179 e. The van der Waals surface area contributed by atoms with Crippen LogP contribution in [0.2, 0.25) is 0 Å². The van der Waals surface area contributed by atoms with Gasteiger partial charge in [-0.25, -0.2) is 0 Å². The highest BCUT2D eigenvalue weighted by Gasteiger charge is 2.13. The molecule has 11 heavy (non-hydrogen) atoms. The fourth-order valence-electron chi connectivity index (χ4n) is 1.28. The molecule has 0 amide bonds. The van der Waals surface area contributed by atoms with Crippen LogP contribution in [0.3, 0.4) is 0 Å². The van der Waals surface area contributed by atoms with Crippen molar-refractivity contribution >= 4 is 0 Å². The van der Waals surface area contributed by atoms with Crippen LogP contribution in [0.4, 0.5) is 0 Å². The molecule has 1 rings (SSSR count). The summed E-state index contributed by atoms with van der Waals surface area (Å²) in [6.07, 6.45) is 4.65. The van der Waals surface area contributed by atoms with E-state index < -0.39 is 0 Å².